The van der Waals surface area contributed by atoms with Crippen molar-refractivity contribution in [1.29, 1.82) is 0 Å². The van der Waals surface area contributed by atoms with Crippen molar-refractivity contribution < 1.29 is 28.9 Å². The fourth-order valence-electron chi connectivity index (χ4n) is 4.38. The van der Waals surface area contributed by atoms with Crippen LogP contribution in [0.5, 0.6) is 11.5 Å². The SMILES string of the molecule is CC[NH+]1CC[NH+](CCCNC(=O)N[C@@H]2CC(=O)N(c3ccc(OC)c(OC)c3)C2)CC1. The Morgan fingerprint density at radius 3 is 2.52 bits per heavy atom. The Labute approximate surface area is 184 Å². The van der Waals surface area contributed by atoms with Gasteiger partial charge in [0.15, 0.2) is 11.5 Å². The fraction of sp³-hybridized carbons (Fsp3) is 0.636. The Morgan fingerprint density at radius 1 is 1.13 bits per heavy atom. The summed E-state index contributed by atoms with van der Waals surface area (Å²) in [5, 5.41) is 5.87. The molecule has 4 N–H and O–H groups in total. The first kappa shape index (κ1) is 23.1. The molecule has 0 unspecified atom stereocenters. The third kappa shape index (κ3) is 6.24. The maximum atomic E-state index is 12.5. The molecular weight excluding hydrogens is 398 g/mol. The van der Waals surface area contributed by atoms with Gasteiger partial charge in [-0.05, 0) is 19.1 Å². The molecule has 2 heterocycles. The summed E-state index contributed by atoms with van der Waals surface area (Å²) in [4.78, 5) is 29.7. The Bertz CT molecular complexity index is 751. The van der Waals surface area contributed by atoms with Crippen LogP contribution in [-0.2, 0) is 4.79 Å². The summed E-state index contributed by atoms with van der Waals surface area (Å²) in [6.45, 7) is 10.5. The van der Waals surface area contributed by atoms with E-state index in [1.807, 2.05) is 6.07 Å². The van der Waals surface area contributed by atoms with E-state index >= 15 is 0 Å². The molecule has 0 saturated carbocycles. The average molecular weight is 436 g/mol. The van der Waals surface area contributed by atoms with Crippen LogP contribution in [0, 0.1) is 0 Å². The highest BCUT2D eigenvalue weighted by atomic mass is 16.5. The number of hydrogen-bond acceptors (Lipinski definition) is 4. The number of methoxy groups -OCH3 is 2. The molecule has 1 aromatic carbocycles. The highest BCUT2D eigenvalue weighted by Crippen LogP contribution is 2.33. The first-order chi connectivity index (χ1) is 15.0. The van der Waals surface area contributed by atoms with Crippen LogP contribution in [0.15, 0.2) is 18.2 Å². The second kappa shape index (κ2) is 11.2. The molecule has 9 nitrogen and oxygen atoms in total. The number of piperazine rings is 1. The van der Waals surface area contributed by atoms with Crippen molar-refractivity contribution in [3.05, 3.63) is 18.2 Å². The van der Waals surface area contributed by atoms with Crippen molar-refractivity contribution >= 4 is 17.6 Å². The van der Waals surface area contributed by atoms with Gasteiger partial charge in [0.1, 0.15) is 26.2 Å². The zero-order valence-corrected chi connectivity index (χ0v) is 19.0. The van der Waals surface area contributed by atoms with Crippen LogP contribution in [0.2, 0.25) is 0 Å². The number of amides is 3. The summed E-state index contributed by atoms with van der Waals surface area (Å²) in [7, 11) is 3.14. The normalized spacial score (nSPS) is 23.5. The molecule has 31 heavy (non-hydrogen) atoms. The van der Waals surface area contributed by atoms with E-state index in [0.717, 1.165) is 18.7 Å². The minimum Gasteiger partial charge on any atom is -0.493 e. The van der Waals surface area contributed by atoms with Gasteiger partial charge in [-0.25, -0.2) is 4.79 Å². The zero-order valence-electron chi connectivity index (χ0n) is 19.0. The molecule has 0 aromatic heterocycles. The number of nitrogens with zero attached hydrogens (tertiary/aromatic N) is 1. The lowest BCUT2D eigenvalue weighted by atomic mass is 10.2. The zero-order chi connectivity index (χ0) is 22.2. The third-order valence-corrected chi connectivity index (χ3v) is 6.30. The second-order valence-corrected chi connectivity index (χ2v) is 8.30. The van der Waals surface area contributed by atoms with Gasteiger partial charge in [0, 0.05) is 37.7 Å². The predicted octanol–water partition coefficient (Wildman–Crippen LogP) is -1.70. The predicted molar refractivity (Wildman–Crippen MR) is 118 cm³/mol. The lowest BCUT2D eigenvalue weighted by Crippen LogP contribution is -3.28. The van der Waals surface area contributed by atoms with Gasteiger partial charge in [-0.15, -0.1) is 0 Å². The van der Waals surface area contributed by atoms with E-state index in [4.69, 9.17) is 9.47 Å². The number of carbonyl (C=O) groups excluding carboxylic acids is 2. The number of hydrogen-bond donors (Lipinski definition) is 4. The van der Waals surface area contributed by atoms with Crippen LogP contribution in [0.25, 0.3) is 0 Å². The molecule has 2 fully saturated rings. The molecule has 1 atom stereocenters. The molecule has 0 aliphatic carbocycles. The van der Waals surface area contributed by atoms with Crippen molar-refractivity contribution in [3.63, 3.8) is 0 Å². The third-order valence-electron chi connectivity index (χ3n) is 6.30. The van der Waals surface area contributed by atoms with Crippen molar-refractivity contribution in [2.45, 2.75) is 25.8 Å². The molecule has 1 aromatic rings. The molecule has 0 radical (unpaired) electrons. The van der Waals surface area contributed by atoms with Crippen LogP contribution in [-0.4, -0.2) is 84.6 Å². The van der Waals surface area contributed by atoms with Gasteiger partial charge in [-0.1, -0.05) is 0 Å². The number of benzene rings is 1. The summed E-state index contributed by atoms with van der Waals surface area (Å²) in [5.74, 6) is 1.17. The van der Waals surface area contributed by atoms with Gasteiger partial charge in [0.25, 0.3) is 0 Å². The minimum atomic E-state index is -0.212. The molecule has 3 rings (SSSR count). The summed E-state index contributed by atoms with van der Waals surface area (Å²) < 4.78 is 10.6. The van der Waals surface area contributed by atoms with Crippen LogP contribution in [0.3, 0.4) is 0 Å². The van der Waals surface area contributed by atoms with Crippen molar-refractivity contribution in [3.8, 4) is 11.5 Å². The Hall–Kier alpha value is -2.52. The topological polar surface area (TPSA) is 88.8 Å². The van der Waals surface area contributed by atoms with E-state index in [0.29, 0.717) is 24.6 Å². The maximum absolute atomic E-state index is 12.5. The van der Waals surface area contributed by atoms with Crippen molar-refractivity contribution in [2.75, 3.05) is 71.5 Å². The lowest BCUT2D eigenvalue weighted by Gasteiger charge is -2.29. The molecule has 2 aliphatic heterocycles. The van der Waals surface area contributed by atoms with Crippen LogP contribution in [0.1, 0.15) is 19.8 Å². The highest BCUT2D eigenvalue weighted by molar-refractivity contribution is 5.97. The van der Waals surface area contributed by atoms with Gasteiger partial charge in [0.05, 0.1) is 33.4 Å². The summed E-state index contributed by atoms with van der Waals surface area (Å²) in [5.41, 5.74) is 0.736. The number of anilines is 1. The summed E-state index contributed by atoms with van der Waals surface area (Å²) in [6.07, 6.45) is 1.25. The number of rotatable bonds is 9. The highest BCUT2D eigenvalue weighted by Gasteiger charge is 2.32. The van der Waals surface area contributed by atoms with Crippen LogP contribution >= 0.6 is 0 Å². The molecule has 3 amide bonds. The largest absolute Gasteiger partial charge is 0.493 e. The van der Waals surface area contributed by atoms with E-state index in [1.54, 1.807) is 41.1 Å². The average Bonchev–Trinajstić information content (AvgIpc) is 3.16. The van der Waals surface area contributed by atoms with Crippen LogP contribution in [0.4, 0.5) is 10.5 Å². The Kier molecular flexibility index (Phi) is 8.36. The van der Waals surface area contributed by atoms with E-state index in [9.17, 15) is 9.59 Å². The second-order valence-electron chi connectivity index (χ2n) is 8.30. The molecule has 172 valence electrons. The van der Waals surface area contributed by atoms with E-state index in [2.05, 4.69) is 17.6 Å². The Morgan fingerprint density at radius 2 is 1.84 bits per heavy atom. The maximum Gasteiger partial charge on any atom is 0.315 e. The van der Waals surface area contributed by atoms with E-state index < -0.39 is 0 Å². The van der Waals surface area contributed by atoms with E-state index in [-0.39, 0.29) is 24.4 Å². The first-order valence-electron chi connectivity index (χ1n) is 11.3. The molecule has 2 saturated heterocycles. The lowest BCUT2D eigenvalue weighted by molar-refractivity contribution is -1.01. The quantitative estimate of drug-likeness (QED) is 0.348. The standard InChI is InChI=1S/C22H35N5O4/c1-4-25-10-12-26(13-11-25)9-5-8-23-22(29)24-17-14-21(28)27(16-17)18-6-7-19(30-2)20(15-18)31-3/h6-7,15,17H,4-5,8-14,16H2,1-3H3,(H2,23,24,29)/p+2/t17-/m1/s1. The number of likely N-dealkylation sites (N-methyl/N-ethyl adjacent to an activating group) is 1. The van der Waals surface area contributed by atoms with Gasteiger partial charge < -0.3 is 34.8 Å². The smallest absolute Gasteiger partial charge is 0.315 e. The first-order valence-corrected chi connectivity index (χ1v) is 11.3. The molecule has 2 aliphatic rings. The van der Waals surface area contributed by atoms with Gasteiger partial charge in [-0.2, -0.15) is 0 Å². The fourth-order valence-corrected chi connectivity index (χ4v) is 4.38. The van der Waals surface area contributed by atoms with Crippen LogP contribution < -0.4 is 34.8 Å². The number of nitrogens with one attached hydrogen (secondary N) is 4. The van der Waals surface area contributed by atoms with E-state index in [1.165, 1.54) is 32.7 Å². The molecule has 9 heteroatoms. The summed E-state index contributed by atoms with van der Waals surface area (Å²) in [6, 6.07) is 4.97. The van der Waals surface area contributed by atoms with Gasteiger partial charge in [0.2, 0.25) is 5.91 Å². The van der Waals surface area contributed by atoms with Crippen molar-refractivity contribution in [1.82, 2.24) is 10.6 Å². The number of carbonyl (C=O) groups is 2. The summed E-state index contributed by atoms with van der Waals surface area (Å²) >= 11 is 0. The van der Waals surface area contributed by atoms with Gasteiger partial charge in [-0.3, -0.25) is 4.79 Å². The van der Waals surface area contributed by atoms with Gasteiger partial charge >= 0.3 is 6.03 Å². The Balaban J connectivity index is 1.39. The minimum absolute atomic E-state index is 0.0190. The number of quaternary nitrogens is 2. The molecule has 0 bridgehead atoms. The molecule has 0 spiro atoms. The number of urea groups is 1. The monoisotopic (exact) mass is 435 g/mol. The van der Waals surface area contributed by atoms with Crippen molar-refractivity contribution in [2.24, 2.45) is 0 Å². The number of ether oxygens (including phenoxy) is 2. The molecular formula is C22H37N5O4+2.